The molecule has 1 aliphatic rings. The van der Waals surface area contributed by atoms with Gasteiger partial charge in [-0.3, -0.25) is 19.8 Å². The van der Waals surface area contributed by atoms with E-state index >= 15 is 0 Å². The number of barbiturate groups is 1. The molecule has 0 unspecified atom stereocenters. The SMILES string of the molecule is CC[C@H](C)n1cc(/C=C2\C(=O)NC(=O)N(Cc3ccco3)C2=O)c2ccccc21. The number of amides is 4. The number of para-hydroxylation sites is 1. The number of rotatable bonds is 5. The molecule has 4 rings (SSSR count). The van der Waals surface area contributed by atoms with Crippen LogP contribution in [0.1, 0.15) is 37.6 Å². The van der Waals surface area contributed by atoms with Crippen LogP contribution in [0.4, 0.5) is 4.79 Å². The first kappa shape index (κ1) is 18.7. The summed E-state index contributed by atoms with van der Waals surface area (Å²) in [5.41, 5.74) is 1.70. The van der Waals surface area contributed by atoms with Gasteiger partial charge in [-0.05, 0) is 37.6 Å². The Balaban J connectivity index is 1.76. The first-order valence-corrected chi connectivity index (χ1v) is 9.50. The van der Waals surface area contributed by atoms with E-state index < -0.39 is 17.8 Å². The number of aromatic nitrogens is 1. The van der Waals surface area contributed by atoms with Crippen LogP contribution >= 0.6 is 0 Å². The summed E-state index contributed by atoms with van der Waals surface area (Å²) in [5.74, 6) is -0.887. The van der Waals surface area contributed by atoms with Crippen molar-refractivity contribution in [2.45, 2.75) is 32.9 Å². The average Bonchev–Trinajstić information content (AvgIpc) is 3.36. The molecule has 0 bridgehead atoms. The Hall–Kier alpha value is -3.61. The number of hydrogen-bond donors (Lipinski definition) is 1. The molecule has 0 saturated carbocycles. The summed E-state index contributed by atoms with van der Waals surface area (Å²) in [6.45, 7) is 4.18. The molecule has 1 saturated heterocycles. The third kappa shape index (κ3) is 3.35. The first-order chi connectivity index (χ1) is 14.0. The zero-order valence-corrected chi connectivity index (χ0v) is 16.2. The molecule has 1 atom stereocenters. The fourth-order valence-corrected chi connectivity index (χ4v) is 3.46. The Morgan fingerprint density at radius 3 is 2.66 bits per heavy atom. The lowest BCUT2D eigenvalue weighted by atomic mass is 10.1. The highest BCUT2D eigenvalue weighted by atomic mass is 16.3. The summed E-state index contributed by atoms with van der Waals surface area (Å²) in [5, 5.41) is 3.18. The van der Waals surface area contributed by atoms with Crippen LogP contribution in [0.3, 0.4) is 0 Å². The highest BCUT2D eigenvalue weighted by Crippen LogP contribution is 2.28. The lowest BCUT2D eigenvalue weighted by Crippen LogP contribution is -2.53. The Labute approximate surface area is 167 Å². The molecule has 2 aromatic heterocycles. The monoisotopic (exact) mass is 391 g/mol. The van der Waals surface area contributed by atoms with Crippen molar-refractivity contribution >= 4 is 34.8 Å². The second-order valence-corrected chi connectivity index (χ2v) is 7.05. The highest BCUT2D eigenvalue weighted by Gasteiger charge is 2.36. The van der Waals surface area contributed by atoms with Gasteiger partial charge in [-0.2, -0.15) is 0 Å². The standard InChI is InChI=1S/C22H21N3O4/c1-3-14(2)24-12-15(17-8-4-5-9-19(17)24)11-18-20(26)23-22(28)25(21(18)27)13-16-7-6-10-29-16/h4-12,14H,3,13H2,1-2H3,(H,23,26,28)/b18-11+/t14-/m0/s1. The molecule has 3 aromatic rings. The van der Waals surface area contributed by atoms with Crippen molar-refractivity contribution in [1.29, 1.82) is 0 Å². The lowest BCUT2D eigenvalue weighted by molar-refractivity contribution is -0.130. The lowest BCUT2D eigenvalue weighted by Gasteiger charge is -2.25. The average molecular weight is 391 g/mol. The molecule has 3 heterocycles. The minimum atomic E-state index is -0.754. The number of carbonyl (C=O) groups excluding carboxylic acids is 3. The summed E-state index contributed by atoms with van der Waals surface area (Å²) in [7, 11) is 0. The third-order valence-electron chi connectivity index (χ3n) is 5.22. The molecular weight excluding hydrogens is 370 g/mol. The topological polar surface area (TPSA) is 84.6 Å². The van der Waals surface area contributed by atoms with Crippen LogP contribution in [0.15, 0.2) is 58.8 Å². The van der Waals surface area contributed by atoms with Crippen LogP contribution in [-0.4, -0.2) is 27.3 Å². The summed E-state index contributed by atoms with van der Waals surface area (Å²) < 4.78 is 7.37. The zero-order valence-electron chi connectivity index (χ0n) is 16.2. The number of nitrogens with one attached hydrogen (secondary N) is 1. The van der Waals surface area contributed by atoms with E-state index in [1.807, 2.05) is 30.5 Å². The smallest absolute Gasteiger partial charge is 0.331 e. The predicted octanol–water partition coefficient (Wildman–Crippen LogP) is 3.87. The van der Waals surface area contributed by atoms with Crippen molar-refractivity contribution in [3.8, 4) is 0 Å². The molecule has 7 heteroatoms. The van der Waals surface area contributed by atoms with Crippen molar-refractivity contribution in [1.82, 2.24) is 14.8 Å². The number of urea groups is 1. The number of benzene rings is 1. The zero-order chi connectivity index (χ0) is 20.5. The van der Waals surface area contributed by atoms with Crippen molar-refractivity contribution < 1.29 is 18.8 Å². The molecule has 1 aliphatic heterocycles. The number of hydrogen-bond acceptors (Lipinski definition) is 4. The van der Waals surface area contributed by atoms with Crippen LogP contribution in [-0.2, 0) is 16.1 Å². The van der Waals surface area contributed by atoms with E-state index in [-0.39, 0.29) is 18.2 Å². The van der Waals surface area contributed by atoms with Crippen LogP contribution in [0.2, 0.25) is 0 Å². The van der Waals surface area contributed by atoms with E-state index in [0.717, 1.165) is 27.8 Å². The number of imide groups is 2. The molecule has 1 fully saturated rings. The van der Waals surface area contributed by atoms with Crippen LogP contribution in [0.5, 0.6) is 0 Å². The van der Waals surface area contributed by atoms with Gasteiger partial charge in [0.15, 0.2) is 0 Å². The maximum absolute atomic E-state index is 12.9. The maximum atomic E-state index is 12.9. The Morgan fingerprint density at radius 2 is 1.93 bits per heavy atom. The van der Waals surface area contributed by atoms with Gasteiger partial charge in [0.25, 0.3) is 11.8 Å². The van der Waals surface area contributed by atoms with E-state index in [1.54, 1.807) is 18.2 Å². The Bertz CT molecular complexity index is 1120. The first-order valence-electron chi connectivity index (χ1n) is 9.50. The molecule has 0 radical (unpaired) electrons. The van der Waals surface area contributed by atoms with Crippen LogP contribution in [0, 0.1) is 0 Å². The van der Waals surface area contributed by atoms with E-state index in [2.05, 4.69) is 23.7 Å². The van der Waals surface area contributed by atoms with Gasteiger partial charge in [0.05, 0.1) is 12.8 Å². The quantitative estimate of drug-likeness (QED) is 0.529. The van der Waals surface area contributed by atoms with Gasteiger partial charge in [-0.1, -0.05) is 25.1 Å². The minimum absolute atomic E-state index is 0.0447. The fourth-order valence-electron chi connectivity index (χ4n) is 3.46. The van der Waals surface area contributed by atoms with E-state index in [9.17, 15) is 14.4 Å². The Kier molecular flexibility index (Phi) is 4.80. The molecule has 4 amide bonds. The van der Waals surface area contributed by atoms with Crippen molar-refractivity contribution in [2.24, 2.45) is 0 Å². The second kappa shape index (κ2) is 7.43. The van der Waals surface area contributed by atoms with Crippen LogP contribution in [0.25, 0.3) is 17.0 Å². The number of furan rings is 1. The molecular formula is C22H21N3O4. The molecule has 29 heavy (non-hydrogen) atoms. The number of nitrogens with zero attached hydrogens (tertiary/aromatic N) is 2. The van der Waals surface area contributed by atoms with Crippen LogP contribution < -0.4 is 5.32 Å². The number of fused-ring (bicyclic) bond motifs is 1. The van der Waals surface area contributed by atoms with E-state index in [1.165, 1.54) is 6.26 Å². The van der Waals surface area contributed by atoms with Gasteiger partial charge < -0.3 is 8.98 Å². The molecule has 1 aromatic carbocycles. The van der Waals surface area contributed by atoms with Crippen molar-refractivity contribution in [2.75, 3.05) is 0 Å². The molecule has 148 valence electrons. The summed E-state index contributed by atoms with van der Waals surface area (Å²) >= 11 is 0. The molecule has 1 N–H and O–H groups in total. The van der Waals surface area contributed by atoms with Gasteiger partial charge >= 0.3 is 6.03 Å². The van der Waals surface area contributed by atoms with E-state index in [4.69, 9.17) is 4.42 Å². The molecule has 0 spiro atoms. The van der Waals surface area contributed by atoms with Crippen molar-refractivity contribution in [3.63, 3.8) is 0 Å². The largest absolute Gasteiger partial charge is 0.467 e. The second-order valence-electron chi connectivity index (χ2n) is 7.05. The minimum Gasteiger partial charge on any atom is -0.467 e. The van der Waals surface area contributed by atoms with Gasteiger partial charge in [-0.15, -0.1) is 0 Å². The van der Waals surface area contributed by atoms with Crippen molar-refractivity contribution in [3.05, 3.63) is 65.8 Å². The summed E-state index contributed by atoms with van der Waals surface area (Å²) in [6, 6.07) is 10.7. The van der Waals surface area contributed by atoms with Gasteiger partial charge in [-0.25, -0.2) is 4.79 Å². The maximum Gasteiger partial charge on any atom is 0.331 e. The van der Waals surface area contributed by atoms with Gasteiger partial charge in [0.2, 0.25) is 0 Å². The summed E-state index contributed by atoms with van der Waals surface area (Å²) in [6.07, 6.45) is 5.91. The van der Waals surface area contributed by atoms with Gasteiger partial charge in [0, 0.05) is 28.7 Å². The predicted molar refractivity (Wildman–Crippen MR) is 108 cm³/mol. The molecule has 0 aliphatic carbocycles. The third-order valence-corrected chi connectivity index (χ3v) is 5.22. The van der Waals surface area contributed by atoms with E-state index in [0.29, 0.717) is 5.76 Å². The normalized spacial score (nSPS) is 17.2. The number of carbonyl (C=O) groups is 3. The Morgan fingerprint density at radius 1 is 1.14 bits per heavy atom. The summed E-state index contributed by atoms with van der Waals surface area (Å²) in [4.78, 5) is 38.5. The fraction of sp³-hybridized carbons (Fsp3) is 0.227. The van der Waals surface area contributed by atoms with Gasteiger partial charge in [0.1, 0.15) is 11.3 Å². The molecule has 7 nitrogen and oxygen atoms in total. The highest BCUT2D eigenvalue weighted by molar-refractivity contribution is 6.31.